The number of benzene rings is 3. The summed E-state index contributed by atoms with van der Waals surface area (Å²) in [5.74, 6) is -0.682. The van der Waals surface area contributed by atoms with Gasteiger partial charge in [-0.1, -0.05) is 66.7 Å². The summed E-state index contributed by atoms with van der Waals surface area (Å²) in [7, 11) is 2.90. The molecule has 0 unspecified atom stereocenters. The van der Waals surface area contributed by atoms with Gasteiger partial charge in [0.2, 0.25) is 0 Å². The van der Waals surface area contributed by atoms with Gasteiger partial charge in [-0.2, -0.15) is 5.26 Å². The monoisotopic (exact) mass is 436 g/mol. The molecule has 1 heterocycles. The molecule has 3 aromatic carbocycles. The molecule has 1 aromatic heterocycles. The molecule has 2 atom stereocenters. The number of nitriles is 1. The Balaban J connectivity index is 2.07. The number of ether oxygens (including phenoxy) is 2. The molecule has 0 aliphatic heterocycles. The van der Waals surface area contributed by atoms with Crippen molar-refractivity contribution in [2.45, 2.75) is 12.3 Å². The Kier molecular flexibility index (Phi) is 6.37. The van der Waals surface area contributed by atoms with Crippen LogP contribution in [-0.2, 0) is 16.0 Å². The van der Waals surface area contributed by atoms with Crippen molar-refractivity contribution in [2.75, 3.05) is 14.2 Å². The van der Waals surface area contributed by atoms with Gasteiger partial charge in [-0.15, -0.1) is 0 Å². The highest BCUT2D eigenvalue weighted by Crippen LogP contribution is 2.48. The van der Waals surface area contributed by atoms with Gasteiger partial charge in [-0.3, -0.25) is 9.78 Å². The van der Waals surface area contributed by atoms with Crippen LogP contribution < -0.4 is 4.74 Å². The van der Waals surface area contributed by atoms with E-state index in [4.69, 9.17) is 9.47 Å². The minimum Gasteiger partial charge on any atom is -0.496 e. The lowest BCUT2D eigenvalue weighted by Gasteiger charge is -2.34. The normalized spacial score (nSPS) is 13.5. The van der Waals surface area contributed by atoms with Crippen LogP contribution in [0.1, 0.15) is 22.7 Å². The van der Waals surface area contributed by atoms with Gasteiger partial charge in [0, 0.05) is 29.8 Å². The predicted octanol–water partition coefficient (Wildman–Crippen LogP) is 5.30. The summed E-state index contributed by atoms with van der Waals surface area (Å²) >= 11 is 0. The Morgan fingerprint density at radius 1 is 0.939 bits per heavy atom. The van der Waals surface area contributed by atoms with Gasteiger partial charge in [0.1, 0.15) is 5.75 Å². The molecule has 0 aliphatic carbocycles. The van der Waals surface area contributed by atoms with E-state index in [1.54, 1.807) is 19.4 Å². The molecule has 0 radical (unpaired) electrons. The number of rotatable bonds is 7. The van der Waals surface area contributed by atoms with Crippen LogP contribution in [0.5, 0.6) is 5.75 Å². The highest BCUT2D eigenvalue weighted by Gasteiger charge is 2.50. The first kappa shape index (κ1) is 22.0. The lowest BCUT2D eigenvalue weighted by Crippen LogP contribution is -2.40. The van der Waals surface area contributed by atoms with Gasteiger partial charge in [0.05, 0.1) is 20.3 Å². The fourth-order valence-corrected chi connectivity index (χ4v) is 4.52. The summed E-state index contributed by atoms with van der Waals surface area (Å²) < 4.78 is 10.9. The molecular weight excluding hydrogens is 412 g/mol. The van der Waals surface area contributed by atoms with E-state index < -0.39 is 17.3 Å². The second-order valence-corrected chi connectivity index (χ2v) is 7.82. The first-order valence-corrected chi connectivity index (χ1v) is 10.6. The molecule has 0 N–H and O–H groups in total. The van der Waals surface area contributed by atoms with Gasteiger partial charge in [0.15, 0.2) is 5.41 Å². The number of hydrogen-bond acceptors (Lipinski definition) is 5. The van der Waals surface area contributed by atoms with Gasteiger partial charge in [0.25, 0.3) is 0 Å². The lowest BCUT2D eigenvalue weighted by molar-refractivity contribution is -0.150. The van der Waals surface area contributed by atoms with Gasteiger partial charge in [-0.05, 0) is 34.5 Å². The molecule has 0 fully saturated rings. The van der Waals surface area contributed by atoms with Crippen molar-refractivity contribution >= 4 is 16.7 Å². The average molecular weight is 437 g/mol. The first-order chi connectivity index (χ1) is 16.1. The number of aromatic nitrogens is 1. The van der Waals surface area contributed by atoms with E-state index in [1.807, 2.05) is 78.9 Å². The molecule has 164 valence electrons. The average Bonchev–Trinajstić information content (AvgIpc) is 2.88. The van der Waals surface area contributed by atoms with Crippen molar-refractivity contribution in [2.24, 2.45) is 5.41 Å². The number of pyridine rings is 1. The standard InChI is InChI=1S/C28H24N2O3/c1-32-25-16-6-5-14-24(25)26(23-15-9-11-20-10-3-4-13-22(20)23)28(19-29,27(31)33-2)18-21-12-7-8-17-30-21/h3-17,26H,18H2,1-2H3/t26-,28+/m0/s1. The van der Waals surface area contributed by atoms with Crippen LogP contribution >= 0.6 is 0 Å². The summed E-state index contributed by atoms with van der Waals surface area (Å²) in [5.41, 5.74) is 0.631. The SMILES string of the molecule is COC(=O)[C@@](C#N)(Cc1ccccn1)[C@H](c1ccccc1OC)c1cccc2ccccc12. The van der Waals surface area contributed by atoms with E-state index in [9.17, 15) is 10.1 Å². The van der Waals surface area contributed by atoms with E-state index in [0.717, 1.165) is 21.9 Å². The van der Waals surface area contributed by atoms with E-state index >= 15 is 0 Å². The summed E-state index contributed by atoms with van der Waals surface area (Å²) in [6, 6.07) is 29.2. The highest BCUT2D eigenvalue weighted by molar-refractivity contribution is 5.90. The largest absolute Gasteiger partial charge is 0.496 e. The minimum atomic E-state index is -1.58. The van der Waals surface area contributed by atoms with E-state index in [1.165, 1.54) is 7.11 Å². The van der Waals surface area contributed by atoms with Crippen molar-refractivity contribution in [3.8, 4) is 11.8 Å². The Morgan fingerprint density at radius 2 is 1.64 bits per heavy atom. The maximum atomic E-state index is 13.5. The molecule has 5 heteroatoms. The zero-order chi connectivity index (χ0) is 23.3. The van der Waals surface area contributed by atoms with Crippen LogP contribution in [-0.4, -0.2) is 25.2 Å². The summed E-state index contributed by atoms with van der Waals surface area (Å²) in [6.07, 6.45) is 1.74. The fraction of sp³-hybridized carbons (Fsp3) is 0.179. The Labute approximate surface area is 193 Å². The zero-order valence-electron chi connectivity index (χ0n) is 18.6. The van der Waals surface area contributed by atoms with E-state index in [-0.39, 0.29) is 6.42 Å². The molecule has 5 nitrogen and oxygen atoms in total. The van der Waals surface area contributed by atoms with Crippen molar-refractivity contribution in [1.29, 1.82) is 5.26 Å². The third-order valence-electron chi connectivity index (χ3n) is 6.01. The molecular formula is C28H24N2O3. The molecule has 4 rings (SSSR count). The third-order valence-corrected chi connectivity index (χ3v) is 6.01. The molecule has 33 heavy (non-hydrogen) atoms. The van der Waals surface area contributed by atoms with Crippen LogP contribution in [0.2, 0.25) is 0 Å². The van der Waals surface area contributed by atoms with E-state index in [0.29, 0.717) is 11.4 Å². The molecule has 0 bridgehead atoms. The molecule has 0 spiro atoms. The Bertz CT molecular complexity index is 1310. The second-order valence-electron chi connectivity index (χ2n) is 7.82. The van der Waals surface area contributed by atoms with Crippen LogP contribution in [0.25, 0.3) is 10.8 Å². The van der Waals surface area contributed by atoms with Gasteiger partial charge < -0.3 is 9.47 Å². The van der Waals surface area contributed by atoms with Crippen molar-refractivity contribution in [3.63, 3.8) is 0 Å². The minimum absolute atomic E-state index is 0.0863. The summed E-state index contributed by atoms with van der Waals surface area (Å²) in [4.78, 5) is 17.9. The smallest absolute Gasteiger partial charge is 0.327 e. The number of fused-ring (bicyclic) bond motifs is 1. The summed E-state index contributed by atoms with van der Waals surface area (Å²) in [5, 5.41) is 12.6. The molecule has 0 saturated carbocycles. The summed E-state index contributed by atoms with van der Waals surface area (Å²) in [6.45, 7) is 0. The number of hydrogen-bond donors (Lipinski definition) is 0. The van der Waals surface area contributed by atoms with Crippen molar-refractivity contribution in [1.82, 2.24) is 4.98 Å². The molecule has 0 saturated heterocycles. The Hall–Kier alpha value is -4.17. The molecule has 0 amide bonds. The fourth-order valence-electron chi connectivity index (χ4n) is 4.52. The van der Waals surface area contributed by atoms with Gasteiger partial charge in [-0.25, -0.2) is 0 Å². The van der Waals surface area contributed by atoms with Crippen molar-refractivity contribution in [3.05, 3.63) is 108 Å². The topological polar surface area (TPSA) is 72.2 Å². The number of carbonyl (C=O) groups excluding carboxylic acids is 1. The number of methoxy groups -OCH3 is 2. The quantitative estimate of drug-likeness (QED) is 0.368. The predicted molar refractivity (Wildman–Crippen MR) is 127 cm³/mol. The second kappa shape index (κ2) is 9.54. The number of esters is 1. The van der Waals surface area contributed by atoms with Crippen LogP contribution in [0.4, 0.5) is 0 Å². The molecule has 4 aromatic rings. The Morgan fingerprint density at radius 3 is 2.36 bits per heavy atom. The number of para-hydroxylation sites is 1. The lowest BCUT2D eigenvalue weighted by atomic mass is 9.66. The highest BCUT2D eigenvalue weighted by atomic mass is 16.5. The maximum absolute atomic E-state index is 13.5. The van der Waals surface area contributed by atoms with Crippen LogP contribution in [0, 0.1) is 16.7 Å². The van der Waals surface area contributed by atoms with Crippen molar-refractivity contribution < 1.29 is 14.3 Å². The molecule has 0 aliphatic rings. The zero-order valence-corrected chi connectivity index (χ0v) is 18.6. The van der Waals surface area contributed by atoms with Crippen LogP contribution in [0.3, 0.4) is 0 Å². The maximum Gasteiger partial charge on any atom is 0.327 e. The van der Waals surface area contributed by atoms with Gasteiger partial charge >= 0.3 is 5.97 Å². The first-order valence-electron chi connectivity index (χ1n) is 10.6. The number of carbonyl (C=O) groups is 1. The number of nitrogens with zero attached hydrogens (tertiary/aromatic N) is 2. The van der Waals surface area contributed by atoms with Crippen LogP contribution in [0.15, 0.2) is 91.1 Å². The van der Waals surface area contributed by atoms with E-state index in [2.05, 4.69) is 11.1 Å². The third kappa shape index (κ3) is 4.04.